The molecular weight excluding hydrogens is 526 g/mol. The summed E-state index contributed by atoms with van der Waals surface area (Å²) < 4.78 is 18.6. The third-order valence-corrected chi connectivity index (χ3v) is 6.51. The molecule has 0 aliphatic rings. The maximum Gasteiger partial charge on any atom is 0.282 e. The summed E-state index contributed by atoms with van der Waals surface area (Å²) in [6, 6.07) is 14.7. The molecular formula is C32H32ClN3O4. The van der Waals surface area contributed by atoms with Gasteiger partial charge in [0.2, 0.25) is 0 Å². The zero-order valence-electron chi connectivity index (χ0n) is 23.3. The Labute approximate surface area is 239 Å². The first kappa shape index (κ1) is 28.7. The van der Waals surface area contributed by atoms with Crippen molar-refractivity contribution >= 4 is 28.7 Å². The third-order valence-electron chi connectivity index (χ3n) is 6.23. The lowest BCUT2D eigenvalue weighted by atomic mass is 9.96. The van der Waals surface area contributed by atoms with Crippen LogP contribution < -0.4 is 19.8 Å². The van der Waals surface area contributed by atoms with Crippen LogP contribution in [0.15, 0.2) is 58.4 Å². The zero-order valence-corrected chi connectivity index (χ0v) is 24.1. The molecule has 0 radical (unpaired) electrons. The van der Waals surface area contributed by atoms with Crippen LogP contribution in [0.3, 0.4) is 0 Å². The van der Waals surface area contributed by atoms with E-state index >= 15 is 0 Å². The third kappa shape index (κ3) is 5.98. The summed E-state index contributed by atoms with van der Waals surface area (Å²) in [4.78, 5) is 18.6. The van der Waals surface area contributed by atoms with Gasteiger partial charge in [0.1, 0.15) is 12.4 Å². The van der Waals surface area contributed by atoms with Crippen molar-refractivity contribution in [3.63, 3.8) is 0 Å². The molecule has 4 rings (SSSR count). The molecule has 0 aliphatic carbocycles. The molecule has 0 saturated carbocycles. The molecule has 0 saturated heterocycles. The summed E-state index contributed by atoms with van der Waals surface area (Å²) in [5, 5.41) is 5.38. The molecule has 0 amide bonds. The maximum absolute atomic E-state index is 13.7. The van der Waals surface area contributed by atoms with Crippen LogP contribution in [0.1, 0.15) is 50.3 Å². The van der Waals surface area contributed by atoms with Crippen molar-refractivity contribution < 1.29 is 14.2 Å². The molecule has 7 nitrogen and oxygen atoms in total. The lowest BCUT2D eigenvalue weighted by molar-refractivity contribution is 0.299. The number of fused-ring (bicyclic) bond motifs is 1. The van der Waals surface area contributed by atoms with Crippen LogP contribution in [0.2, 0.25) is 5.02 Å². The van der Waals surface area contributed by atoms with E-state index in [1.54, 1.807) is 30.5 Å². The van der Waals surface area contributed by atoms with Crippen LogP contribution in [0.4, 0.5) is 0 Å². The molecule has 3 aromatic carbocycles. The molecule has 4 aromatic rings. The van der Waals surface area contributed by atoms with E-state index in [4.69, 9.17) is 37.2 Å². The van der Waals surface area contributed by atoms with Crippen molar-refractivity contribution in [1.29, 1.82) is 0 Å². The average Bonchev–Trinajstić information content (AvgIpc) is 2.92. The molecule has 0 bridgehead atoms. The second kappa shape index (κ2) is 12.7. The van der Waals surface area contributed by atoms with Crippen LogP contribution in [-0.4, -0.2) is 35.7 Å². The molecule has 0 unspecified atom stereocenters. The molecule has 0 N–H and O–H groups in total. The van der Waals surface area contributed by atoms with Gasteiger partial charge in [-0.05, 0) is 79.8 Å². The topological polar surface area (TPSA) is 74.9 Å². The predicted molar refractivity (Wildman–Crippen MR) is 161 cm³/mol. The van der Waals surface area contributed by atoms with E-state index in [2.05, 4.69) is 24.9 Å². The highest BCUT2D eigenvalue weighted by atomic mass is 35.5. The van der Waals surface area contributed by atoms with Crippen molar-refractivity contribution in [2.75, 3.05) is 19.8 Å². The molecule has 0 fully saturated rings. The summed E-state index contributed by atoms with van der Waals surface area (Å²) in [7, 11) is 0. The number of ether oxygens (including phenoxy) is 3. The first-order valence-electron chi connectivity index (χ1n) is 13.1. The molecule has 206 valence electrons. The summed E-state index contributed by atoms with van der Waals surface area (Å²) in [5.74, 6) is 4.65. The van der Waals surface area contributed by atoms with Gasteiger partial charge in [0.25, 0.3) is 5.56 Å². The number of hydrogen-bond acceptors (Lipinski definition) is 6. The average molecular weight is 558 g/mol. The van der Waals surface area contributed by atoms with Gasteiger partial charge in [-0.3, -0.25) is 4.79 Å². The van der Waals surface area contributed by atoms with Crippen LogP contribution in [-0.2, 0) is 0 Å². The Morgan fingerprint density at radius 1 is 1.07 bits per heavy atom. The number of rotatable bonds is 10. The smallest absolute Gasteiger partial charge is 0.282 e. The summed E-state index contributed by atoms with van der Waals surface area (Å²) in [6.07, 6.45) is 6.89. The van der Waals surface area contributed by atoms with Crippen LogP contribution in [0.5, 0.6) is 17.2 Å². The van der Waals surface area contributed by atoms with Gasteiger partial charge in [-0.25, -0.2) is 4.98 Å². The fraction of sp³-hybridized carbons (Fsp3) is 0.281. The molecule has 0 atom stereocenters. The highest BCUT2D eigenvalue weighted by Gasteiger charge is 2.19. The van der Waals surface area contributed by atoms with E-state index in [0.29, 0.717) is 52.0 Å². The number of terminal acetylenes is 1. The lowest BCUT2D eigenvalue weighted by Gasteiger charge is -2.18. The van der Waals surface area contributed by atoms with Crippen molar-refractivity contribution in [2.45, 2.75) is 40.5 Å². The zero-order chi connectivity index (χ0) is 28.8. The monoisotopic (exact) mass is 557 g/mol. The Bertz CT molecular complexity index is 1670. The van der Waals surface area contributed by atoms with Crippen molar-refractivity contribution in [3.8, 4) is 41.0 Å². The van der Waals surface area contributed by atoms with E-state index in [0.717, 1.165) is 22.4 Å². The summed E-state index contributed by atoms with van der Waals surface area (Å²) in [6.45, 7) is 11.0. The first-order chi connectivity index (χ1) is 19.3. The predicted octanol–water partition coefficient (Wildman–Crippen LogP) is 6.84. The molecule has 1 heterocycles. The van der Waals surface area contributed by atoms with E-state index in [1.165, 1.54) is 4.68 Å². The number of para-hydroxylation sites is 1. The minimum atomic E-state index is -0.290. The second-order valence-electron chi connectivity index (χ2n) is 9.36. The van der Waals surface area contributed by atoms with Crippen molar-refractivity contribution in [3.05, 3.63) is 80.6 Å². The van der Waals surface area contributed by atoms with Gasteiger partial charge < -0.3 is 14.2 Å². The van der Waals surface area contributed by atoms with E-state index in [9.17, 15) is 4.79 Å². The molecule has 1 aromatic heterocycles. The second-order valence-corrected chi connectivity index (χ2v) is 9.77. The van der Waals surface area contributed by atoms with Crippen LogP contribution in [0, 0.1) is 19.3 Å². The largest absolute Gasteiger partial charge is 0.494 e. The highest BCUT2D eigenvalue weighted by Crippen LogP contribution is 2.37. The van der Waals surface area contributed by atoms with Crippen molar-refractivity contribution in [1.82, 2.24) is 9.66 Å². The Balaban J connectivity index is 1.92. The summed E-state index contributed by atoms with van der Waals surface area (Å²) in [5.41, 5.74) is 3.63. The molecule has 0 aliphatic heterocycles. The Morgan fingerprint density at radius 3 is 2.50 bits per heavy atom. The fourth-order valence-electron chi connectivity index (χ4n) is 4.38. The van der Waals surface area contributed by atoms with Gasteiger partial charge in [-0.1, -0.05) is 43.5 Å². The van der Waals surface area contributed by atoms with Crippen LogP contribution in [0.25, 0.3) is 22.3 Å². The minimum absolute atomic E-state index is 0.0501. The van der Waals surface area contributed by atoms with E-state index in [-0.39, 0.29) is 18.1 Å². The van der Waals surface area contributed by atoms with Gasteiger partial charge in [0, 0.05) is 5.56 Å². The molecule has 8 heteroatoms. The fourth-order valence-corrected chi connectivity index (χ4v) is 4.65. The van der Waals surface area contributed by atoms with Gasteiger partial charge in [-0.2, -0.15) is 9.78 Å². The van der Waals surface area contributed by atoms with Crippen LogP contribution >= 0.6 is 11.6 Å². The summed E-state index contributed by atoms with van der Waals surface area (Å²) >= 11 is 6.50. The molecule has 0 spiro atoms. The Hall–Kier alpha value is -4.28. The van der Waals surface area contributed by atoms with Gasteiger partial charge in [0.05, 0.1) is 35.4 Å². The van der Waals surface area contributed by atoms with E-state index < -0.39 is 0 Å². The lowest BCUT2D eigenvalue weighted by Crippen LogP contribution is -2.21. The van der Waals surface area contributed by atoms with Crippen molar-refractivity contribution in [2.24, 2.45) is 5.10 Å². The van der Waals surface area contributed by atoms with Gasteiger partial charge in [-0.15, -0.1) is 6.42 Å². The standard InChI is InChI=1S/C32H32ClN3O4/c1-7-14-40-30-26(33)16-22(17-29(30)39-9-3)19-34-36-31(35-27-13-11-10-12-23(27)32(36)37)25-18-24(20(4)5)28(38-8-2)15-21(25)6/h1,10-13,15-20H,8-9,14H2,2-6H3. The Kier molecular flexibility index (Phi) is 9.13. The Morgan fingerprint density at radius 2 is 1.80 bits per heavy atom. The number of nitrogens with zero attached hydrogens (tertiary/aromatic N) is 3. The first-order valence-corrected chi connectivity index (χ1v) is 13.5. The number of benzene rings is 3. The highest BCUT2D eigenvalue weighted by molar-refractivity contribution is 6.32. The number of aryl methyl sites for hydroxylation is 1. The number of hydrogen-bond donors (Lipinski definition) is 0. The van der Waals surface area contributed by atoms with Gasteiger partial charge >= 0.3 is 0 Å². The maximum atomic E-state index is 13.7. The van der Waals surface area contributed by atoms with Gasteiger partial charge in [0.15, 0.2) is 17.3 Å². The SMILES string of the molecule is C#CCOc1c(Cl)cc(C=Nn2c(-c3cc(C(C)C)c(OCC)cc3C)nc3ccccc3c2=O)cc1OCC. The number of halogens is 1. The minimum Gasteiger partial charge on any atom is -0.494 e. The van der Waals surface area contributed by atoms with E-state index in [1.807, 2.05) is 45.0 Å². The molecule has 40 heavy (non-hydrogen) atoms. The quantitative estimate of drug-likeness (QED) is 0.158. The number of aromatic nitrogens is 2. The normalized spacial score (nSPS) is 11.2.